The highest BCUT2D eigenvalue weighted by Crippen LogP contribution is 2.29. The van der Waals surface area contributed by atoms with E-state index >= 15 is 0 Å². The molecule has 3 aromatic rings. The first-order valence-corrected chi connectivity index (χ1v) is 7.96. The van der Waals surface area contributed by atoms with Crippen LogP contribution >= 0.6 is 0 Å². The predicted molar refractivity (Wildman–Crippen MR) is 94.9 cm³/mol. The second-order valence-corrected chi connectivity index (χ2v) is 5.71. The summed E-state index contributed by atoms with van der Waals surface area (Å²) in [6, 6.07) is 11.1. The summed E-state index contributed by atoms with van der Waals surface area (Å²) in [5.74, 6) is 1.34. The van der Waals surface area contributed by atoms with Crippen LogP contribution in [0.3, 0.4) is 0 Å². The normalized spacial score (nSPS) is 11.8. The van der Waals surface area contributed by atoms with Gasteiger partial charge in [0, 0.05) is 36.8 Å². The molecule has 0 fully saturated rings. The van der Waals surface area contributed by atoms with Crippen LogP contribution in [0.2, 0.25) is 0 Å². The summed E-state index contributed by atoms with van der Waals surface area (Å²) < 4.78 is 7.18. The van der Waals surface area contributed by atoms with Gasteiger partial charge in [-0.1, -0.05) is 18.2 Å². The average Bonchev–Trinajstić information content (AvgIpc) is 3.21. The first-order valence-electron chi connectivity index (χ1n) is 7.96. The van der Waals surface area contributed by atoms with Crippen molar-refractivity contribution in [1.29, 1.82) is 0 Å². The van der Waals surface area contributed by atoms with Crippen LogP contribution in [0.5, 0.6) is 5.75 Å². The molecule has 0 radical (unpaired) electrons. The highest BCUT2D eigenvalue weighted by atomic mass is 16.5. The third kappa shape index (κ3) is 3.38. The van der Waals surface area contributed by atoms with Crippen LogP contribution in [0.4, 0.5) is 0 Å². The lowest BCUT2D eigenvalue weighted by atomic mass is 10.1. The van der Waals surface area contributed by atoms with Gasteiger partial charge >= 0.3 is 0 Å². The monoisotopic (exact) mass is 336 g/mol. The van der Waals surface area contributed by atoms with Gasteiger partial charge in [0.15, 0.2) is 0 Å². The molecule has 25 heavy (non-hydrogen) atoms. The lowest BCUT2D eigenvalue weighted by Crippen LogP contribution is -2.30. The molecule has 6 nitrogen and oxygen atoms in total. The van der Waals surface area contributed by atoms with Gasteiger partial charge in [0.1, 0.15) is 17.9 Å². The smallest absolute Gasteiger partial charge is 0.254 e. The third-order valence-electron chi connectivity index (χ3n) is 4.25. The fraction of sp³-hybridized carbons (Fsp3) is 0.211. The van der Waals surface area contributed by atoms with Crippen molar-refractivity contribution in [2.45, 2.75) is 13.0 Å². The number of hydrogen-bond donors (Lipinski definition) is 0. The minimum Gasteiger partial charge on any atom is -0.496 e. The number of hydrogen-bond acceptors (Lipinski definition) is 4. The minimum absolute atomic E-state index is 0.0813. The molecule has 128 valence electrons. The number of methoxy groups -OCH3 is 1. The van der Waals surface area contributed by atoms with Gasteiger partial charge in [0.25, 0.3) is 5.91 Å². The molecule has 1 aromatic carbocycles. The van der Waals surface area contributed by atoms with Crippen LogP contribution in [-0.2, 0) is 0 Å². The summed E-state index contributed by atoms with van der Waals surface area (Å²) in [5.41, 5.74) is 1.53. The molecular formula is C19H20N4O2. The number of rotatable bonds is 5. The molecule has 0 unspecified atom stereocenters. The molecule has 0 aliphatic carbocycles. The molecule has 1 atom stereocenters. The fourth-order valence-electron chi connectivity index (χ4n) is 2.69. The number of amides is 1. The lowest BCUT2D eigenvalue weighted by molar-refractivity contribution is 0.0741. The molecule has 0 aliphatic heterocycles. The molecule has 0 N–H and O–H groups in total. The standard InChI is InChI=1S/C19H20N4O2/c1-14(16-6-4-5-7-17(16)25-3)22(2)19(24)15-8-9-21-18(12-15)23-11-10-20-13-23/h4-14H,1-3H3/t14-/m0/s1. The second kappa shape index (κ2) is 7.17. The Bertz CT molecular complexity index is 861. The van der Waals surface area contributed by atoms with Crippen LogP contribution in [0.1, 0.15) is 28.9 Å². The summed E-state index contributed by atoms with van der Waals surface area (Å²) in [6.45, 7) is 1.98. The van der Waals surface area contributed by atoms with Crippen molar-refractivity contribution in [3.8, 4) is 11.6 Å². The van der Waals surface area contributed by atoms with Crippen LogP contribution in [-0.4, -0.2) is 39.5 Å². The maximum absolute atomic E-state index is 12.9. The van der Waals surface area contributed by atoms with Gasteiger partial charge in [-0.3, -0.25) is 9.36 Å². The van der Waals surface area contributed by atoms with Crippen molar-refractivity contribution in [3.63, 3.8) is 0 Å². The largest absolute Gasteiger partial charge is 0.496 e. The van der Waals surface area contributed by atoms with Crippen molar-refractivity contribution < 1.29 is 9.53 Å². The zero-order valence-corrected chi connectivity index (χ0v) is 14.5. The minimum atomic E-state index is -0.131. The summed E-state index contributed by atoms with van der Waals surface area (Å²) in [4.78, 5) is 22.9. The Morgan fingerprint density at radius 3 is 2.76 bits per heavy atom. The Hall–Kier alpha value is -3.15. The number of benzene rings is 1. The third-order valence-corrected chi connectivity index (χ3v) is 4.25. The van der Waals surface area contributed by atoms with Gasteiger partial charge in [-0.15, -0.1) is 0 Å². The van der Waals surface area contributed by atoms with E-state index in [-0.39, 0.29) is 11.9 Å². The van der Waals surface area contributed by atoms with Crippen molar-refractivity contribution in [3.05, 3.63) is 72.4 Å². The van der Waals surface area contributed by atoms with E-state index in [4.69, 9.17) is 4.74 Å². The second-order valence-electron chi connectivity index (χ2n) is 5.71. The Balaban J connectivity index is 1.86. The molecule has 3 rings (SSSR count). The molecule has 0 spiro atoms. The Morgan fingerprint density at radius 1 is 1.24 bits per heavy atom. The predicted octanol–water partition coefficient (Wildman–Crippen LogP) is 3.11. The van der Waals surface area contributed by atoms with Crippen LogP contribution in [0.25, 0.3) is 5.82 Å². The zero-order chi connectivity index (χ0) is 17.8. The summed E-state index contributed by atoms with van der Waals surface area (Å²) in [6.07, 6.45) is 6.74. The maximum atomic E-state index is 12.9. The molecule has 2 heterocycles. The number of imidazole rings is 1. The van der Waals surface area contributed by atoms with Crippen molar-refractivity contribution >= 4 is 5.91 Å². The van der Waals surface area contributed by atoms with Gasteiger partial charge in [-0.25, -0.2) is 9.97 Å². The number of carbonyl (C=O) groups is 1. The van der Waals surface area contributed by atoms with Crippen LogP contribution < -0.4 is 4.74 Å². The first kappa shape index (κ1) is 16.7. The van der Waals surface area contributed by atoms with Gasteiger partial charge in [-0.05, 0) is 25.1 Å². The van der Waals surface area contributed by atoms with E-state index in [9.17, 15) is 4.79 Å². The number of pyridine rings is 1. The molecule has 0 saturated heterocycles. The molecule has 1 amide bonds. The number of para-hydroxylation sites is 1. The maximum Gasteiger partial charge on any atom is 0.254 e. The van der Waals surface area contributed by atoms with Gasteiger partial charge in [-0.2, -0.15) is 0 Å². The van der Waals surface area contributed by atoms with E-state index in [0.717, 1.165) is 11.3 Å². The SMILES string of the molecule is COc1ccccc1[C@H](C)N(C)C(=O)c1ccnc(-n2ccnc2)c1. The highest BCUT2D eigenvalue weighted by Gasteiger charge is 2.21. The molecular weight excluding hydrogens is 316 g/mol. The van der Waals surface area contributed by atoms with Gasteiger partial charge in [0.05, 0.1) is 13.2 Å². The summed E-state index contributed by atoms with van der Waals surface area (Å²) in [7, 11) is 3.42. The molecule has 2 aromatic heterocycles. The van der Waals surface area contributed by atoms with E-state index < -0.39 is 0 Å². The van der Waals surface area contributed by atoms with Crippen molar-refractivity contribution in [2.75, 3.05) is 14.2 Å². The van der Waals surface area contributed by atoms with Crippen LogP contribution in [0.15, 0.2) is 61.3 Å². The van der Waals surface area contributed by atoms with Gasteiger partial charge < -0.3 is 9.64 Å². The average molecular weight is 336 g/mol. The summed E-state index contributed by atoms with van der Waals surface area (Å²) in [5, 5.41) is 0. The summed E-state index contributed by atoms with van der Waals surface area (Å²) >= 11 is 0. The Labute approximate surface area is 146 Å². The lowest BCUT2D eigenvalue weighted by Gasteiger charge is -2.26. The van der Waals surface area contributed by atoms with Crippen molar-refractivity contribution in [1.82, 2.24) is 19.4 Å². The molecule has 0 aliphatic rings. The quantitative estimate of drug-likeness (QED) is 0.718. The zero-order valence-electron chi connectivity index (χ0n) is 14.5. The van der Waals surface area contributed by atoms with Crippen LogP contribution in [0, 0.1) is 0 Å². The van der Waals surface area contributed by atoms with Crippen molar-refractivity contribution in [2.24, 2.45) is 0 Å². The molecule has 6 heteroatoms. The first-order chi connectivity index (χ1) is 12.1. The Kier molecular flexibility index (Phi) is 4.79. The molecule has 0 saturated carbocycles. The van der Waals surface area contributed by atoms with E-state index in [0.29, 0.717) is 11.4 Å². The number of aromatic nitrogens is 3. The van der Waals surface area contributed by atoms with E-state index in [2.05, 4.69) is 9.97 Å². The highest BCUT2D eigenvalue weighted by molar-refractivity contribution is 5.94. The fourth-order valence-corrected chi connectivity index (χ4v) is 2.69. The van der Waals surface area contributed by atoms with E-state index in [1.54, 1.807) is 60.7 Å². The topological polar surface area (TPSA) is 60.2 Å². The Morgan fingerprint density at radius 2 is 2.04 bits per heavy atom. The van der Waals surface area contributed by atoms with Gasteiger partial charge in [0.2, 0.25) is 0 Å². The number of ether oxygens (including phenoxy) is 1. The number of nitrogens with zero attached hydrogens (tertiary/aromatic N) is 4. The van der Waals surface area contributed by atoms with E-state index in [1.165, 1.54) is 0 Å². The number of carbonyl (C=O) groups excluding carboxylic acids is 1. The molecule has 0 bridgehead atoms. The van der Waals surface area contributed by atoms with E-state index in [1.807, 2.05) is 31.2 Å².